The van der Waals surface area contributed by atoms with Crippen molar-refractivity contribution in [1.82, 2.24) is 0 Å². The van der Waals surface area contributed by atoms with E-state index in [0.29, 0.717) is 45.1 Å². The highest BCUT2D eigenvalue weighted by atomic mass is 14.8. The topological polar surface area (TPSA) is 52.0 Å². The molecule has 2 nitrogen and oxygen atoms in total. The van der Waals surface area contributed by atoms with Gasteiger partial charge in [-0.3, -0.25) is 0 Å². The van der Waals surface area contributed by atoms with Crippen LogP contribution in [-0.2, 0) is 0 Å². The Morgan fingerprint density at radius 1 is 0.680 bits per heavy atom. The molecule has 0 heterocycles. The fraction of sp³-hybridized carbons (Fsp3) is 1.00. The predicted octanol–water partition coefficient (Wildman–Crippen LogP) is 5.98. The van der Waals surface area contributed by atoms with Crippen molar-refractivity contribution >= 4 is 0 Å². The lowest BCUT2D eigenvalue weighted by molar-refractivity contribution is -0.119. The monoisotopic (exact) mass is 352 g/mol. The van der Waals surface area contributed by atoms with Gasteiger partial charge in [0.25, 0.3) is 0 Å². The lowest BCUT2D eigenvalue weighted by Gasteiger charge is -2.63. The summed E-state index contributed by atoms with van der Waals surface area (Å²) in [5.74, 6) is 0.709. The van der Waals surface area contributed by atoms with Crippen molar-refractivity contribution in [3.05, 3.63) is 0 Å². The molecule has 25 heavy (non-hydrogen) atoms. The number of hydrogen-bond acceptors (Lipinski definition) is 2. The van der Waals surface area contributed by atoms with Crippen molar-refractivity contribution in [3.8, 4) is 0 Å². The van der Waals surface area contributed by atoms with Crippen LogP contribution in [0.3, 0.4) is 0 Å². The van der Waals surface area contributed by atoms with E-state index in [0.717, 1.165) is 0 Å². The van der Waals surface area contributed by atoms with Crippen LogP contribution >= 0.6 is 0 Å². The quantitative estimate of drug-likeness (QED) is 0.609. The van der Waals surface area contributed by atoms with Crippen molar-refractivity contribution in [2.75, 3.05) is 0 Å². The first-order valence-corrected chi connectivity index (χ1v) is 10.5. The summed E-state index contributed by atoms with van der Waals surface area (Å²) in [5.41, 5.74) is 14.1. The van der Waals surface area contributed by atoms with Crippen molar-refractivity contribution < 1.29 is 0 Å². The molecule has 0 aromatic carbocycles. The molecular formula is C23H48N2. The molecule has 0 aliphatic heterocycles. The van der Waals surface area contributed by atoms with E-state index >= 15 is 0 Å². The van der Waals surface area contributed by atoms with Gasteiger partial charge in [0.05, 0.1) is 0 Å². The highest BCUT2D eigenvalue weighted by molar-refractivity contribution is 5.11. The molecule has 0 aromatic rings. The third-order valence-corrected chi connectivity index (χ3v) is 8.12. The van der Waals surface area contributed by atoms with Crippen molar-refractivity contribution in [2.24, 2.45) is 44.5 Å². The van der Waals surface area contributed by atoms with E-state index < -0.39 is 0 Å². The van der Waals surface area contributed by atoms with E-state index in [1.807, 2.05) is 0 Å². The van der Waals surface area contributed by atoms with Gasteiger partial charge in [0.1, 0.15) is 0 Å². The molecule has 2 rings (SSSR count). The van der Waals surface area contributed by atoms with E-state index in [-0.39, 0.29) is 0 Å². The first-order valence-electron chi connectivity index (χ1n) is 10.5. The molecule has 0 radical (unpaired) electrons. The van der Waals surface area contributed by atoms with Gasteiger partial charge < -0.3 is 11.5 Å². The standard InChI is InChI=1S/C12H25N.C11H23N/c1-10(2,3)12(11(4,5)6)8-7-9(12)13;1-8(2)11(10(3,4)5)7-6-9(11)12/h9H,7-8,13H2,1-6H3;8-9H,6-7,12H2,1-5H3/t9-;9-,11?/m01/s1. The van der Waals surface area contributed by atoms with E-state index in [9.17, 15) is 0 Å². The van der Waals surface area contributed by atoms with Crippen LogP contribution < -0.4 is 11.5 Å². The Morgan fingerprint density at radius 2 is 1.08 bits per heavy atom. The molecule has 0 bridgehead atoms. The van der Waals surface area contributed by atoms with Gasteiger partial charge >= 0.3 is 0 Å². The zero-order valence-electron chi connectivity index (χ0n) is 19.2. The molecular weight excluding hydrogens is 304 g/mol. The summed E-state index contributed by atoms with van der Waals surface area (Å²) < 4.78 is 0. The van der Waals surface area contributed by atoms with Crippen molar-refractivity contribution in [2.45, 2.75) is 114 Å². The average Bonchev–Trinajstić information content (AvgIpc) is 2.30. The van der Waals surface area contributed by atoms with Crippen LogP contribution in [0.15, 0.2) is 0 Å². The predicted molar refractivity (Wildman–Crippen MR) is 112 cm³/mol. The number of hydrogen-bond donors (Lipinski definition) is 2. The summed E-state index contributed by atoms with van der Waals surface area (Å²) in [5, 5.41) is 0. The lowest BCUT2D eigenvalue weighted by atomic mass is 9.43. The van der Waals surface area contributed by atoms with Gasteiger partial charge in [0.2, 0.25) is 0 Å². The average molecular weight is 353 g/mol. The third-order valence-electron chi connectivity index (χ3n) is 8.12. The Balaban J connectivity index is 0.000000251. The zero-order chi connectivity index (χ0) is 20.1. The maximum atomic E-state index is 6.23. The summed E-state index contributed by atoms with van der Waals surface area (Å²) in [7, 11) is 0. The molecule has 150 valence electrons. The maximum absolute atomic E-state index is 6.23. The van der Waals surface area contributed by atoms with E-state index in [1.54, 1.807) is 0 Å². The SMILES string of the molecule is CC(C)(C)C1(C(C)(C)C)CC[C@@H]1N.CC(C)C1(C(C)(C)C)CC[C@H]1N. The maximum Gasteiger partial charge on any atom is 0.0106 e. The van der Waals surface area contributed by atoms with Gasteiger partial charge in [-0.1, -0.05) is 76.2 Å². The first-order chi connectivity index (χ1) is 10.9. The first kappa shape index (κ1) is 23.0. The normalized spacial score (nSPS) is 32.4. The number of rotatable bonds is 1. The fourth-order valence-electron chi connectivity index (χ4n) is 6.72. The molecule has 0 aromatic heterocycles. The molecule has 4 N–H and O–H groups in total. The van der Waals surface area contributed by atoms with E-state index in [1.165, 1.54) is 25.7 Å². The fourth-order valence-corrected chi connectivity index (χ4v) is 6.72. The van der Waals surface area contributed by atoms with Gasteiger partial charge in [0, 0.05) is 12.1 Å². The van der Waals surface area contributed by atoms with Crippen LogP contribution in [-0.4, -0.2) is 12.1 Å². The molecule has 2 heteroatoms. The van der Waals surface area contributed by atoms with Gasteiger partial charge in [-0.2, -0.15) is 0 Å². The Morgan fingerprint density at radius 3 is 1.08 bits per heavy atom. The molecule has 0 spiro atoms. The molecule has 2 saturated carbocycles. The van der Waals surface area contributed by atoms with Crippen LogP contribution in [0.2, 0.25) is 0 Å². The van der Waals surface area contributed by atoms with Crippen LogP contribution in [0, 0.1) is 33.0 Å². The highest BCUT2D eigenvalue weighted by Gasteiger charge is 2.59. The van der Waals surface area contributed by atoms with E-state index in [2.05, 4.69) is 76.2 Å². The van der Waals surface area contributed by atoms with Crippen molar-refractivity contribution in [1.29, 1.82) is 0 Å². The summed E-state index contributed by atoms with van der Waals surface area (Å²) in [6.45, 7) is 25.6. The smallest absolute Gasteiger partial charge is 0.0106 e. The Labute approximate surface area is 158 Å². The minimum atomic E-state index is 0.322. The molecule has 2 aliphatic carbocycles. The molecule has 1 unspecified atom stereocenters. The number of nitrogens with two attached hydrogens (primary N) is 2. The largest absolute Gasteiger partial charge is 0.327 e. The summed E-state index contributed by atoms with van der Waals surface area (Å²) in [4.78, 5) is 0. The summed E-state index contributed by atoms with van der Waals surface area (Å²) in [6, 6.07) is 0.824. The molecule has 0 saturated heterocycles. The molecule has 0 amide bonds. The summed E-state index contributed by atoms with van der Waals surface area (Å²) in [6.07, 6.45) is 5.03. The van der Waals surface area contributed by atoms with Gasteiger partial charge in [-0.15, -0.1) is 0 Å². The lowest BCUT2D eigenvalue weighted by Crippen LogP contribution is -2.64. The minimum absolute atomic E-state index is 0.322. The molecule has 2 aliphatic rings. The third kappa shape index (κ3) is 3.55. The minimum Gasteiger partial charge on any atom is -0.327 e. The second kappa shape index (κ2) is 6.82. The van der Waals surface area contributed by atoms with Gasteiger partial charge in [-0.05, 0) is 58.7 Å². The van der Waals surface area contributed by atoms with E-state index in [4.69, 9.17) is 11.5 Å². The Hall–Kier alpha value is -0.0800. The second-order valence-electron chi connectivity index (χ2n) is 12.2. The van der Waals surface area contributed by atoms with Crippen molar-refractivity contribution in [3.63, 3.8) is 0 Å². The van der Waals surface area contributed by atoms with Crippen LogP contribution in [0.1, 0.15) is 102 Å². The van der Waals surface area contributed by atoms with Gasteiger partial charge in [-0.25, -0.2) is 0 Å². The van der Waals surface area contributed by atoms with Crippen LogP contribution in [0.4, 0.5) is 0 Å². The molecule has 3 atom stereocenters. The van der Waals surface area contributed by atoms with Gasteiger partial charge in [0.15, 0.2) is 0 Å². The zero-order valence-corrected chi connectivity index (χ0v) is 19.2. The van der Waals surface area contributed by atoms with Crippen LogP contribution in [0.5, 0.6) is 0 Å². The highest BCUT2D eigenvalue weighted by Crippen LogP contribution is 2.62. The molecule has 2 fully saturated rings. The second-order valence-corrected chi connectivity index (χ2v) is 12.2. The summed E-state index contributed by atoms with van der Waals surface area (Å²) >= 11 is 0. The Kier molecular flexibility index (Phi) is 6.26. The van der Waals surface area contributed by atoms with Crippen LogP contribution in [0.25, 0.3) is 0 Å². The Bertz CT molecular complexity index is 423.